The Morgan fingerprint density at radius 2 is 1.61 bits per heavy atom. The number of aryl methyl sites for hydroxylation is 1. The van der Waals surface area contributed by atoms with Gasteiger partial charge in [0.05, 0.1) is 17.8 Å². The van der Waals surface area contributed by atoms with E-state index in [1.165, 1.54) is 4.68 Å². The Morgan fingerprint density at radius 3 is 2.27 bits per heavy atom. The molecule has 0 saturated heterocycles. The molecule has 1 heterocycles. The summed E-state index contributed by atoms with van der Waals surface area (Å²) in [6.45, 7) is 2.17. The van der Waals surface area contributed by atoms with Gasteiger partial charge in [-0.25, -0.2) is 4.68 Å². The second-order valence-electron chi connectivity index (χ2n) is 7.69. The molecule has 4 aromatic rings. The number of aromatic amines is 1. The lowest BCUT2D eigenvalue weighted by atomic mass is 9.82. The Morgan fingerprint density at radius 1 is 0.939 bits per heavy atom. The topological polar surface area (TPSA) is 94.6 Å². The number of para-hydroxylation sites is 1. The van der Waals surface area contributed by atoms with Crippen LogP contribution in [0.1, 0.15) is 28.3 Å². The average Bonchev–Trinajstić information content (AvgIpc) is 3.16. The van der Waals surface area contributed by atoms with Crippen LogP contribution < -0.4 is 10.3 Å². The molecule has 0 unspecified atom stereocenters. The first-order chi connectivity index (χ1) is 16.1. The van der Waals surface area contributed by atoms with Gasteiger partial charge in [0, 0.05) is 17.2 Å². The number of nitrogens with zero attached hydrogens (tertiary/aromatic N) is 3. The van der Waals surface area contributed by atoms with Crippen LogP contribution in [0.3, 0.4) is 0 Å². The number of ether oxygens (including phenoxy) is 1. The van der Waals surface area contributed by atoms with Gasteiger partial charge in [0.2, 0.25) is 0 Å². The van der Waals surface area contributed by atoms with Gasteiger partial charge < -0.3 is 4.74 Å². The van der Waals surface area contributed by atoms with E-state index in [1.54, 1.807) is 13.0 Å². The minimum atomic E-state index is -1.04. The van der Waals surface area contributed by atoms with Crippen molar-refractivity contribution in [3.63, 3.8) is 0 Å². The fraction of sp³-hybridized carbons (Fsp3) is 0.148. The maximum absolute atomic E-state index is 13.4. The predicted molar refractivity (Wildman–Crippen MR) is 125 cm³/mol. The highest BCUT2D eigenvalue weighted by atomic mass is 16.5. The van der Waals surface area contributed by atoms with Crippen LogP contribution in [0.4, 0.5) is 0 Å². The first-order valence-electron chi connectivity index (χ1n) is 10.5. The van der Waals surface area contributed by atoms with E-state index in [2.05, 4.69) is 17.2 Å². The number of aromatic nitrogens is 2. The number of hydrogen-bond acceptors (Lipinski definition) is 4. The summed E-state index contributed by atoms with van der Waals surface area (Å²) in [4.78, 5) is 13.4. The van der Waals surface area contributed by atoms with E-state index >= 15 is 0 Å². The summed E-state index contributed by atoms with van der Waals surface area (Å²) in [5, 5.41) is 22.5. The number of benzene rings is 3. The standard InChI is InChI=1S/C27H22N4O2/c1-19-25(27(32)31(30-19)23-12-6-3-7-13-23)26(22(16-28)17-29)21-11-8-14-24(15-21)33-18-20-9-4-2-5-10-20/h2-15,22,26,30H,18H2,1H3/t26-/m0/s1. The van der Waals surface area contributed by atoms with Crippen molar-refractivity contribution in [3.8, 4) is 23.6 Å². The molecule has 1 atom stereocenters. The highest BCUT2D eigenvalue weighted by molar-refractivity contribution is 5.43. The Bertz CT molecular complexity index is 1360. The molecule has 6 heteroatoms. The molecule has 0 aliphatic carbocycles. The molecule has 33 heavy (non-hydrogen) atoms. The third-order valence-corrected chi connectivity index (χ3v) is 5.52. The van der Waals surface area contributed by atoms with E-state index in [0.717, 1.165) is 5.56 Å². The van der Waals surface area contributed by atoms with Crippen molar-refractivity contribution < 1.29 is 4.74 Å². The number of rotatable bonds is 7. The summed E-state index contributed by atoms with van der Waals surface area (Å²) in [7, 11) is 0. The first-order valence-corrected chi connectivity index (χ1v) is 10.5. The molecule has 0 fully saturated rings. The smallest absolute Gasteiger partial charge is 0.275 e. The molecule has 1 aromatic heterocycles. The lowest BCUT2D eigenvalue weighted by Crippen LogP contribution is -2.23. The SMILES string of the molecule is Cc1[nH]n(-c2ccccc2)c(=O)c1[C@@H](c1cccc(OCc2ccccc2)c1)C(C#N)C#N. The molecular formula is C27H22N4O2. The largest absolute Gasteiger partial charge is 0.489 e. The molecule has 0 amide bonds. The highest BCUT2D eigenvalue weighted by Crippen LogP contribution is 2.33. The van der Waals surface area contributed by atoms with E-state index in [0.29, 0.717) is 34.9 Å². The Hall–Kier alpha value is -4.55. The van der Waals surface area contributed by atoms with Gasteiger partial charge >= 0.3 is 0 Å². The summed E-state index contributed by atoms with van der Waals surface area (Å²) in [5.74, 6) is -1.16. The number of H-pyrrole nitrogens is 1. The van der Waals surface area contributed by atoms with Crippen molar-refractivity contribution in [2.24, 2.45) is 5.92 Å². The zero-order valence-corrected chi connectivity index (χ0v) is 18.1. The van der Waals surface area contributed by atoms with Gasteiger partial charge in [-0.05, 0) is 42.3 Å². The quantitative estimate of drug-likeness (QED) is 0.450. The maximum Gasteiger partial charge on any atom is 0.275 e. The summed E-state index contributed by atoms with van der Waals surface area (Å²) < 4.78 is 7.39. The number of hydrogen-bond donors (Lipinski definition) is 1. The molecule has 0 radical (unpaired) electrons. The maximum atomic E-state index is 13.4. The molecule has 0 spiro atoms. The molecule has 0 aliphatic heterocycles. The van der Waals surface area contributed by atoms with E-state index in [4.69, 9.17) is 4.74 Å². The third kappa shape index (κ3) is 4.56. The summed E-state index contributed by atoms with van der Waals surface area (Å²) in [6.07, 6.45) is 0. The molecule has 3 aromatic carbocycles. The minimum Gasteiger partial charge on any atom is -0.489 e. The lowest BCUT2D eigenvalue weighted by Gasteiger charge is -2.18. The van der Waals surface area contributed by atoms with Gasteiger partial charge in [-0.1, -0.05) is 60.7 Å². The number of nitriles is 2. The summed E-state index contributed by atoms with van der Waals surface area (Å²) >= 11 is 0. The fourth-order valence-corrected chi connectivity index (χ4v) is 3.93. The van der Waals surface area contributed by atoms with Crippen molar-refractivity contribution in [2.75, 3.05) is 0 Å². The lowest BCUT2D eigenvalue weighted by molar-refractivity contribution is 0.305. The molecule has 1 N–H and O–H groups in total. The van der Waals surface area contributed by atoms with Gasteiger partial charge in [-0.2, -0.15) is 10.5 Å². The number of nitrogens with one attached hydrogen (secondary N) is 1. The molecule has 0 aliphatic rings. The highest BCUT2D eigenvalue weighted by Gasteiger charge is 2.31. The normalized spacial score (nSPS) is 11.5. The Balaban J connectivity index is 1.75. The van der Waals surface area contributed by atoms with Crippen LogP contribution in [-0.4, -0.2) is 9.78 Å². The van der Waals surface area contributed by atoms with Crippen molar-refractivity contribution in [1.82, 2.24) is 9.78 Å². The predicted octanol–water partition coefficient (Wildman–Crippen LogP) is 4.85. The van der Waals surface area contributed by atoms with Crippen LogP contribution in [0, 0.1) is 35.5 Å². The van der Waals surface area contributed by atoms with Crippen molar-refractivity contribution in [1.29, 1.82) is 10.5 Å². The van der Waals surface area contributed by atoms with Crippen LogP contribution in [0.25, 0.3) is 5.69 Å². The van der Waals surface area contributed by atoms with E-state index in [-0.39, 0.29) is 5.56 Å². The van der Waals surface area contributed by atoms with Crippen molar-refractivity contribution in [2.45, 2.75) is 19.4 Å². The molecule has 6 nitrogen and oxygen atoms in total. The van der Waals surface area contributed by atoms with Gasteiger partial charge in [0.1, 0.15) is 18.3 Å². The Labute approximate surface area is 191 Å². The minimum absolute atomic E-state index is 0.283. The van der Waals surface area contributed by atoms with Crippen LogP contribution >= 0.6 is 0 Å². The molecule has 4 rings (SSSR count). The van der Waals surface area contributed by atoms with E-state index < -0.39 is 11.8 Å². The van der Waals surface area contributed by atoms with Crippen LogP contribution in [-0.2, 0) is 6.61 Å². The van der Waals surface area contributed by atoms with Crippen molar-refractivity contribution >= 4 is 0 Å². The second kappa shape index (κ2) is 9.72. The summed E-state index contributed by atoms with van der Waals surface area (Å²) in [5.41, 5.74) is 3.11. The van der Waals surface area contributed by atoms with Gasteiger partial charge in [0.25, 0.3) is 5.56 Å². The van der Waals surface area contributed by atoms with Gasteiger partial charge in [-0.15, -0.1) is 0 Å². The van der Waals surface area contributed by atoms with Gasteiger partial charge in [0.15, 0.2) is 0 Å². The molecular weight excluding hydrogens is 412 g/mol. The van der Waals surface area contributed by atoms with Crippen LogP contribution in [0.5, 0.6) is 5.75 Å². The third-order valence-electron chi connectivity index (χ3n) is 5.52. The molecule has 0 bridgehead atoms. The van der Waals surface area contributed by atoms with Crippen molar-refractivity contribution in [3.05, 3.63) is 118 Å². The van der Waals surface area contributed by atoms with E-state index in [1.807, 2.05) is 78.9 Å². The molecule has 162 valence electrons. The fourth-order valence-electron chi connectivity index (χ4n) is 3.93. The second-order valence-corrected chi connectivity index (χ2v) is 7.69. The van der Waals surface area contributed by atoms with Crippen LogP contribution in [0.2, 0.25) is 0 Å². The Kier molecular flexibility index (Phi) is 6.38. The zero-order chi connectivity index (χ0) is 23.2. The van der Waals surface area contributed by atoms with Gasteiger partial charge in [-0.3, -0.25) is 9.89 Å². The zero-order valence-electron chi connectivity index (χ0n) is 18.1. The average molecular weight is 434 g/mol. The van der Waals surface area contributed by atoms with E-state index in [9.17, 15) is 15.3 Å². The van der Waals surface area contributed by atoms with Crippen LogP contribution in [0.15, 0.2) is 89.7 Å². The first kappa shape index (κ1) is 21.7. The molecule has 0 saturated carbocycles. The monoisotopic (exact) mass is 434 g/mol. The summed E-state index contributed by atoms with van der Waals surface area (Å²) in [6, 6.07) is 30.4.